The molecule has 1 fully saturated rings. The lowest BCUT2D eigenvalue weighted by molar-refractivity contribution is 0.101. The van der Waals surface area contributed by atoms with E-state index in [1.54, 1.807) is 16.8 Å². The van der Waals surface area contributed by atoms with Crippen LogP contribution >= 0.6 is 0 Å². The fraction of sp³-hybridized carbons (Fsp3) is 0.727. The molecule has 1 saturated heterocycles. The van der Waals surface area contributed by atoms with Crippen molar-refractivity contribution >= 4 is 22.9 Å². The largest absolute Gasteiger partial charge is 0.414 e. The van der Waals surface area contributed by atoms with Crippen LogP contribution in [0.2, 0.25) is 22.2 Å². The van der Waals surface area contributed by atoms with Crippen LogP contribution in [0.15, 0.2) is 28.7 Å². The van der Waals surface area contributed by atoms with Gasteiger partial charge in [-0.25, -0.2) is 4.79 Å². The molecule has 1 aliphatic heterocycles. The van der Waals surface area contributed by atoms with E-state index in [0.717, 1.165) is 5.57 Å². The molecule has 0 unspecified atom stereocenters. The highest BCUT2D eigenvalue weighted by molar-refractivity contribution is 6.84. The third-order valence-corrected chi connectivity index (χ3v) is 17.1. The molecule has 3 rings (SSSR count). The maximum absolute atomic E-state index is 12.5. The summed E-state index contributed by atoms with van der Waals surface area (Å²) in [7, 11) is -5.21. The van der Waals surface area contributed by atoms with Gasteiger partial charge in [-0.2, -0.15) is 4.98 Å². The van der Waals surface area contributed by atoms with Crippen LogP contribution in [-0.2, 0) is 13.0 Å². The molecule has 1 aromatic heterocycles. The molecule has 31 heavy (non-hydrogen) atoms. The second kappa shape index (κ2) is 8.94. The minimum Gasteiger partial charge on any atom is -0.414 e. The topological polar surface area (TPSA) is 88.6 Å². The molecule has 0 saturated carbocycles. The summed E-state index contributed by atoms with van der Waals surface area (Å²) in [5.74, 6) is 0.238. The van der Waals surface area contributed by atoms with E-state index in [4.69, 9.17) is 18.7 Å². The minimum atomic E-state index is -2.65. The molecule has 0 radical (unpaired) electrons. The van der Waals surface area contributed by atoms with Crippen LogP contribution in [0.3, 0.4) is 0 Å². The number of hydrogen-bond donors (Lipinski definition) is 1. The van der Waals surface area contributed by atoms with E-state index in [-0.39, 0.29) is 34.7 Å². The van der Waals surface area contributed by atoms with Gasteiger partial charge in [0.2, 0.25) is 0 Å². The van der Waals surface area contributed by atoms with Crippen molar-refractivity contribution < 1.29 is 13.0 Å². The van der Waals surface area contributed by atoms with E-state index in [0.29, 0.717) is 24.1 Å². The molecule has 0 amide bonds. The molecule has 0 bridgehead atoms. The zero-order chi connectivity index (χ0) is 23.1. The molecule has 7 nitrogen and oxygen atoms in total. The molecule has 2 N–H and O–H groups in total. The number of nitrogens with two attached hydrogens (primary N) is 1. The summed E-state index contributed by atoms with van der Waals surface area (Å²) in [4.78, 5) is 16.4. The Morgan fingerprint density at radius 1 is 1.03 bits per heavy atom. The Bertz CT molecular complexity index is 866. The maximum Gasteiger partial charge on any atom is 0.350 e. The van der Waals surface area contributed by atoms with Crippen molar-refractivity contribution in [3.05, 3.63) is 34.4 Å². The van der Waals surface area contributed by atoms with Gasteiger partial charge in [0.25, 0.3) is 0 Å². The van der Waals surface area contributed by atoms with Gasteiger partial charge in [-0.1, -0.05) is 61.5 Å². The first-order valence-electron chi connectivity index (χ1n) is 11.5. The van der Waals surface area contributed by atoms with Crippen LogP contribution in [0, 0.1) is 0 Å². The zero-order valence-electron chi connectivity index (χ0n) is 20.2. The van der Waals surface area contributed by atoms with Crippen molar-refractivity contribution in [1.82, 2.24) is 9.55 Å². The lowest BCUT2D eigenvalue weighted by Gasteiger charge is -2.50. The summed E-state index contributed by atoms with van der Waals surface area (Å²) in [5, 5.41) is 0. The number of nitrogen functional groups attached to an aromatic ring is 1. The first-order valence-corrected chi connectivity index (χ1v) is 15.4. The third-order valence-electron chi connectivity index (χ3n) is 6.81. The molecule has 2 heterocycles. The van der Waals surface area contributed by atoms with Gasteiger partial charge < -0.3 is 18.7 Å². The maximum atomic E-state index is 12.5. The molecule has 0 aromatic carbocycles. The van der Waals surface area contributed by atoms with Gasteiger partial charge in [0.1, 0.15) is 5.82 Å². The average molecular weight is 466 g/mol. The third kappa shape index (κ3) is 4.35. The second-order valence-electron chi connectivity index (χ2n) is 10.1. The van der Waals surface area contributed by atoms with Crippen molar-refractivity contribution in [3.63, 3.8) is 0 Å². The van der Waals surface area contributed by atoms with E-state index in [9.17, 15) is 4.79 Å². The van der Waals surface area contributed by atoms with Gasteiger partial charge in [-0.05, 0) is 33.8 Å². The van der Waals surface area contributed by atoms with Gasteiger partial charge in [0.05, 0.1) is 18.8 Å². The van der Waals surface area contributed by atoms with E-state index in [2.05, 4.69) is 66.4 Å². The molecule has 1 aromatic rings. The van der Waals surface area contributed by atoms with Crippen LogP contribution in [0.25, 0.3) is 0 Å². The fourth-order valence-electron chi connectivity index (χ4n) is 5.06. The number of nitrogens with zero attached hydrogens (tertiary/aromatic N) is 2. The predicted molar refractivity (Wildman–Crippen MR) is 128 cm³/mol. The van der Waals surface area contributed by atoms with Gasteiger partial charge >= 0.3 is 22.8 Å². The number of fused-ring (bicyclic) bond motifs is 1. The highest BCUT2D eigenvalue weighted by Crippen LogP contribution is 2.48. The normalized spacial score (nSPS) is 25.6. The molecule has 0 spiro atoms. The second-order valence-corrected chi connectivity index (χ2v) is 19.0. The number of anilines is 1. The smallest absolute Gasteiger partial charge is 0.350 e. The van der Waals surface area contributed by atoms with E-state index in [1.165, 1.54) is 0 Å². The summed E-state index contributed by atoms with van der Waals surface area (Å²) in [6, 6.07) is 1.54. The van der Waals surface area contributed by atoms with Crippen LogP contribution in [0.1, 0.15) is 67.9 Å². The first kappa shape index (κ1) is 24.4. The summed E-state index contributed by atoms with van der Waals surface area (Å²) in [5.41, 5.74) is 7.63. The predicted octanol–water partition coefficient (Wildman–Crippen LogP) is 4.65. The van der Waals surface area contributed by atoms with Crippen molar-refractivity contribution in [3.8, 4) is 0 Å². The summed E-state index contributed by atoms with van der Waals surface area (Å²) < 4.78 is 22.7. The Labute approximate surface area is 188 Å². The quantitative estimate of drug-likeness (QED) is 0.503. The fourth-order valence-corrected chi connectivity index (χ4v) is 16.2. The minimum absolute atomic E-state index is 0.114. The van der Waals surface area contributed by atoms with Crippen LogP contribution < -0.4 is 11.4 Å². The molecular weight excluding hydrogens is 426 g/mol. The SMILES string of the molecule is CC(C)[Si]1(C(C)C)OCC2=C[C@@H](n3ccc(N)nc3=O)C[C@H]2O[Si](C(C)C)(C(C)C)O1. The lowest BCUT2D eigenvalue weighted by atomic mass is 10.2. The molecule has 2 aliphatic rings. The van der Waals surface area contributed by atoms with Crippen LogP contribution in [-0.4, -0.2) is 39.4 Å². The van der Waals surface area contributed by atoms with Crippen molar-refractivity contribution in [1.29, 1.82) is 0 Å². The Kier molecular flexibility index (Phi) is 7.03. The molecule has 1 aliphatic carbocycles. The van der Waals surface area contributed by atoms with Gasteiger partial charge in [0, 0.05) is 12.6 Å². The first-order chi connectivity index (χ1) is 14.4. The van der Waals surface area contributed by atoms with Crippen LogP contribution in [0.5, 0.6) is 0 Å². The molecule has 2 atom stereocenters. The van der Waals surface area contributed by atoms with Crippen molar-refractivity contribution in [2.75, 3.05) is 12.3 Å². The summed E-state index contributed by atoms with van der Waals surface area (Å²) in [6.07, 6.45) is 4.42. The number of rotatable bonds is 5. The monoisotopic (exact) mass is 465 g/mol. The Hall–Kier alpha value is -1.27. The number of aromatic nitrogens is 2. The zero-order valence-corrected chi connectivity index (χ0v) is 22.2. The molecule has 9 heteroatoms. The average Bonchev–Trinajstić information content (AvgIpc) is 3.02. The Morgan fingerprint density at radius 3 is 2.13 bits per heavy atom. The van der Waals surface area contributed by atoms with E-state index in [1.807, 2.05) is 0 Å². The summed E-state index contributed by atoms with van der Waals surface area (Å²) >= 11 is 0. The lowest BCUT2D eigenvalue weighted by Crippen LogP contribution is -2.63. The van der Waals surface area contributed by atoms with E-state index < -0.39 is 17.1 Å². The highest BCUT2D eigenvalue weighted by Gasteiger charge is 2.58. The molecule has 174 valence electrons. The number of allylic oxidation sites excluding steroid dienone is 1. The van der Waals surface area contributed by atoms with Gasteiger partial charge in [-0.15, -0.1) is 0 Å². The van der Waals surface area contributed by atoms with Crippen LogP contribution in [0.4, 0.5) is 5.82 Å². The van der Waals surface area contributed by atoms with Gasteiger partial charge in [0.15, 0.2) is 0 Å². The molecular formula is C22H39N3O4Si2. The number of hydrogen-bond acceptors (Lipinski definition) is 6. The Balaban J connectivity index is 2.06. The Morgan fingerprint density at radius 2 is 1.61 bits per heavy atom. The van der Waals surface area contributed by atoms with Crippen molar-refractivity contribution in [2.24, 2.45) is 0 Å². The van der Waals surface area contributed by atoms with E-state index >= 15 is 0 Å². The van der Waals surface area contributed by atoms with Gasteiger partial charge in [-0.3, -0.25) is 4.57 Å². The summed E-state index contributed by atoms with van der Waals surface area (Å²) in [6.45, 7) is 18.2. The highest BCUT2D eigenvalue weighted by atomic mass is 28.5. The van der Waals surface area contributed by atoms with Crippen molar-refractivity contribution in [2.45, 2.75) is 96.1 Å². The standard InChI is InChI=1S/C22H39N3O4Si2/c1-14(2)30(15(3)4)27-13-18-11-19(25-10-9-21(23)24-22(25)26)12-20(18)28-31(29-30,16(5)6)17(7)8/h9-11,14-17,19-20H,12-13H2,1-8H3,(H2,23,24,26)/t19-,20-/m1/s1.